The SMILES string of the molecule is CCNC(Cc1nccn1CC)c1ccn(C)n1. The maximum absolute atomic E-state index is 4.48. The highest BCUT2D eigenvalue weighted by Gasteiger charge is 2.16. The van der Waals surface area contributed by atoms with Gasteiger partial charge in [-0.15, -0.1) is 0 Å². The van der Waals surface area contributed by atoms with Crippen LogP contribution in [0.25, 0.3) is 0 Å². The topological polar surface area (TPSA) is 47.7 Å². The van der Waals surface area contributed by atoms with Crippen LogP contribution in [0.5, 0.6) is 0 Å². The van der Waals surface area contributed by atoms with E-state index in [-0.39, 0.29) is 6.04 Å². The Hall–Kier alpha value is -1.62. The van der Waals surface area contributed by atoms with E-state index in [0.29, 0.717) is 0 Å². The van der Waals surface area contributed by atoms with Crippen molar-refractivity contribution in [2.75, 3.05) is 6.54 Å². The molecule has 0 bridgehead atoms. The van der Waals surface area contributed by atoms with Crippen molar-refractivity contribution in [2.45, 2.75) is 32.9 Å². The van der Waals surface area contributed by atoms with Crippen LogP contribution in [0.3, 0.4) is 0 Å². The number of rotatable bonds is 6. The number of hydrogen-bond acceptors (Lipinski definition) is 3. The van der Waals surface area contributed by atoms with Gasteiger partial charge in [0.15, 0.2) is 0 Å². The van der Waals surface area contributed by atoms with Gasteiger partial charge in [-0.25, -0.2) is 4.98 Å². The van der Waals surface area contributed by atoms with Crippen molar-refractivity contribution in [1.29, 1.82) is 0 Å². The van der Waals surface area contributed by atoms with Crippen molar-refractivity contribution in [3.8, 4) is 0 Å². The molecule has 0 aliphatic rings. The average Bonchev–Trinajstić information content (AvgIpc) is 2.97. The fourth-order valence-corrected chi connectivity index (χ4v) is 2.15. The quantitative estimate of drug-likeness (QED) is 0.842. The van der Waals surface area contributed by atoms with Crippen molar-refractivity contribution >= 4 is 0 Å². The Kier molecular flexibility index (Phi) is 4.15. The van der Waals surface area contributed by atoms with E-state index in [0.717, 1.165) is 31.0 Å². The summed E-state index contributed by atoms with van der Waals surface area (Å²) in [4.78, 5) is 4.43. The molecule has 0 aliphatic carbocycles. The maximum atomic E-state index is 4.48. The average molecular weight is 247 g/mol. The van der Waals surface area contributed by atoms with Crippen LogP contribution in [-0.4, -0.2) is 25.9 Å². The van der Waals surface area contributed by atoms with E-state index in [1.54, 1.807) is 0 Å². The molecule has 5 nitrogen and oxygen atoms in total. The van der Waals surface area contributed by atoms with Crippen LogP contribution >= 0.6 is 0 Å². The first-order chi connectivity index (χ1) is 8.74. The molecule has 2 heterocycles. The number of aryl methyl sites for hydroxylation is 2. The summed E-state index contributed by atoms with van der Waals surface area (Å²) in [5, 5.41) is 7.96. The second kappa shape index (κ2) is 5.82. The summed E-state index contributed by atoms with van der Waals surface area (Å²) < 4.78 is 4.01. The highest BCUT2D eigenvalue weighted by atomic mass is 15.3. The summed E-state index contributed by atoms with van der Waals surface area (Å²) in [6, 6.07) is 2.29. The first-order valence-electron chi connectivity index (χ1n) is 6.47. The molecule has 1 unspecified atom stereocenters. The van der Waals surface area contributed by atoms with E-state index in [9.17, 15) is 0 Å². The first-order valence-corrected chi connectivity index (χ1v) is 6.47. The molecule has 0 saturated heterocycles. The zero-order valence-corrected chi connectivity index (χ0v) is 11.3. The summed E-state index contributed by atoms with van der Waals surface area (Å²) in [5.41, 5.74) is 1.07. The van der Waals surface area contributed by atoms with Crippen LogP contribution in [0, 0.1) is 0 Å². The summed E-state index contributed by atoms with van der Waals surface area (Å²) in [5.74, 6) is 1.11. The molecule has 0 spiro atoms. The molecule has 0 aliphatic heterocycles. The molecule has 2 aromatic rings. The van der Waals surface area contributed by atoms with Gasteiger partial charge in [0.1, 0.15) is 5.82 Å². The Bertz CT molecular complexity index is 485. The Balaban J connectivity index is 2.16. The van der Waals surface area contributed by atoms with Crippen LogP contribution in [0.1, 0.15) is 31.4 Å². The highest BCUT2D eigenvalue weighted by Crippen LogP contribution is 2.15. The van der Waals surface area contributed by atoms with Crippen molar-refractivity contribution in [1.82, 2.24) is 24.6 Å². The van der Waals surface area contributed by atoms with Gasteiger partial charge in [-0.3, -0.25) is 4.68 Å². The van der Waals surface area contributed by atoms with E-state index in [1.165, 1.54) is 0 Å². The summed E-state index contributed by atoms with van der Waals surface area (Å²) >= 11 is 0. The van der Waals surface area contributed by atoms with Gasteiger partial charge in [-0.05, 0) is 19.5 Å². The van der Waals surface area contributed by atoms with Crippen LogP contribution < -0.4 is 5.32 Å². The lowest BCUT2D eigenvalue weighted by Crippen LogP contribution is -2.25. The van der Waals surface area contributed by atoms with Crippen LogP contribution in [0.4, 0.5) is 0 Å². The molecular weight excluding hydrogens is 226 g/mol. The van der Waals surface area contributed by atoms with Crippen molar-refractivity contribution in [2.24, 2.45) is 7.05 Å². The van der Waals surface area contributed by atoms with E-state index in [1.807, 2.05) is 30.3 Å². The number of nitrogens with one attached hydrogen (secondary N) is 1. The highest BCUT2D eigenvalue weighted by molar-refractivity contribution is 5.09. The van der Waals surface area contributed by atoms with Gasteiger partial charge in [0.2, 0.25) is 0 Å². The molecule has 0 aromatic carbocycles. The zero-order valence-electron chi connectivity index (χ0n) is 11.3. The molecule has 0 saturated carbocycles. The van der Waals surface area contributed by atoms with Gasteiger partial charge >= 0.3 is 0 Å². The molecule has 0 fully saturated rings. The van der Waals surface area contributed by atoms with Crippen molar-refractivity contribution in [3.05, 3.63) is 36.2 Å². The van der Waals surface area contributed by atoms with Gasteiger partial charge in [-0.2, -0.15) is 5.10 Å². The molecule has 2 rings (SSSR count). The van der Waals surface area contributed by atoms with Crippen molar-refractivity contribution in [3.63, 3.8) is 0 Å². The lowest BCUT2D eigenvalue weighted by Gasteiger charge is -2.16. The Labute approximate surface area is 108 Å². The summed E-state index contributed by atoms with van der Waals surface area (Å²) in [6.07, 6.45) is 6.73. The third kappa shape index (κ3) is 2.79. The predicted octanol–water partition coefficient (Wildman–Crippen LogP) is 1.53. The van der Waals surface area contributed by atoms with Gasteiger partial charge in [0.05, 0.1) is 11.7 Å². The minimum atomic E-state index is 0.226. The lowest BCUT2D eigenvalue weighted by atomic mass is 10.1. The molecule has 2 aromatic heterocycles. The summed E-state index contributed by atoms with van der Waals surface area (Å²) in [6.45, 7) is 6.13. The number of nitrogens with zero attached hydrogens (tertiary/aromatic N) is 4. The monoisotopic (exact) mass is 247 g/mol. The van der Waals surface area contributed by atoms with Crippen LogP contribution in [-0.2, 0) is 20.0 Å². The maximum Gasteiger partial charge on any atom is 0.110 e. The number of imidazole rings is 1. The third-order valence-corrected chi connectivity index (χ3v) is 3.07. The van der Waals surface area contributed by atoms with Crippen LogP contribution in [0.15, 0.2) is 24.7 Å². The van der Waals surface area contributed by atoms with Gasteiger partial charge in [0.25, 0.3) is 0 Å². The number of likely N-dealkylation sites (N-methyl/N-ethyl adjacent to an activating group) is 1. The molecule has 1 atom stereocenters. The van der Waals surface area contributed by atoms with Crippen LogP contribution in [0.2, 0.25) is 0 Å². The normalized spacial score (nSPS) is 12.8. The molecule has 5 heteroatoms. The van der Waals surface area contributed by atoms with E-state index in [2.05, 4.69) is 39.9 Å². The Morgan fingerprint density at radius 1 is 1.33 bits per heavy atom. The Morgan fingerprint density at radius 2 is 2.17 bits per heavy atom. The number of hydrogen-bond donors (Lipinski definition) is 1. The first kappa shape index (κ1) is 12.8. The zero-order chi connectivity index (χ0) is 13.0. The third-order valence-electron chi connectivity index (χ3n) is 3.07. The molecule has 0 amide bonds. The standard InChI is InChI=1S/C13H21N5/c1-4-14-12(11-6-8-17(3)16-11)10-13-15-7-9-18(13)5-2/h6-9,12,14H,4-5,10H2,1-3H3. The van der Waals surface area contributed by atoms with Gasteiger partial charge in [0, 0.05) is 38.6 Å². The predicted molar refractivity (Wildman–Crippen MR) is 71.2 cm³/mol. The smallest absolute Gasteiger partial charge is 0.110 e. The molecule has 98 valence electrons. The fourth-order valence-electron chi connectivity index (χ4n) is 2.15. The lowest BCUT2D eigenvalue weighted by molar-refractivity contribution is 0.504. The largest absolute Gasteiger partial charge is 0.335 e. The Morgan fingerprint density at radius 3 is 2.78 bits per heavy atom. The molecule has 18 heavy (non-hydrogen) atoms. The van der Waals surface area contributed by atoms with Gasteiger partial charge < -0.3 is 9.88 Å². The minimum absolute atomic E-state index is 0.226. The molecule has 0 radical (unpaired) electrons. The van der Waals surface area contributed by atoms with Gasteiger partial charge in [-0.1, -0.05) is 6.92 Å². The second-order valence-electron chi connectivity index (χ2n) is 4.36. The van der Waals surface area contributed by atoms with E-state index < -0.39 is 0 Å². The molecule has 1 N–H and O–H groups in total. The van der Waals surface area contributed by atoms with E-state index in [4.69, 9.17) is 0 Å². The summed E-state index contributed by atoms with van der Waals surface area (Å²) in [7, 11) is 1.94. The van der Waals surface area contributed by atoms with Crippen molar-refractivity contribution < 1.29 is 0 Å². The minimum Gasteiger partial charge on any atom is -0.335 e. The van der Waals surface area contributed by atoms with E-state index >= 15 is 0 Å². The second-order valence-corrected chi connectivity index (χ2v) is 4.36. The molecular formula is C13H21N5. The fraction of sp³-hybridized carbons (Fsp3) is 0.538. The number of aromatic nitrogens is 4.